The molecule has 0 saturated carbocycles. The van der Waals surface area contributed by atoms with Crippen molar-refractivity contribution in [2.24, 2.45) is 5.41 Å². The van der Waals surface area contributed by atoms with E-state index in [0.29, 0.717) is 12.1 Å². The highest BCUT2D eigenvalue weighted by Gasteiger charge is 2.13. The van der Waals surface area contributed by atoms with Gasteiger partial charge in [0.1, 0.15) is 0 Å². The Hall–Kier alpha value is -0.900. The average Bonchev–Trinajstić information content (AvgIpc) is 2.13. The second kappa shape index (κ2) is 4.75. The summed E-state index contributed by atoms with van der Waals surface area (Å²) in [7, 11) is 0. The van der Waals surface area contributed by atoms with E-state index >= 15 is 0 Å². The fourth-order valence-electron chi connectivity index (χ4n) is 0.984. The molecular formula is C11H15BrN2O. The molecular weight excluding hydrogens is 256 g/mol. The van der Waals surface area contributed by atoms with Crippen LogP contribution >= 0.6 is 15.9 Å². The van der Waals surface area contributed by atoms with Crippen molar-refractivity contribution in [3.63, 3.8) is 0 Å². The minimum atomic E-state index is -0.0845. The van der Waals surface area contributed by atoms with Crippen molar-refractivity contribution in [1.82, 2.24) is 10.3 Å². The standard InChI is InChI=1S/C11H15BrN2O/c1-11(2,3)7-14-10(15)8-4-9(12)6-13-5-8/h4-6H,7H2,1-3H3,(H,14,15). The molecule has 1 heterocycles. The van der Waals surface area contributed by atoms with Gasteiger partial charge in [0, 0.05) is 23.4 Å². The van der Waals surface area contributed by atoms with Gasteiger partial charge < -0.3 is 5.32 Å². The summed E-state index contributed by atoms with van der Waals surface area (Å²) in [5, 5.41) is 2.87. The molecule has 82 valence electrons. The van der Waals surface area contributed by atoms with Gasteiger partial charge in [0.05, 0.1) is 5.56 Å². The number of rotatable bonds is 2. The first-order valence-electron chi connectivity index (χ1n) is 4.77. The Morgan fingerprint density at radius 3 is 2.67 bits per heavy atom. The van der Waals surface area contributed by atoms with Crippen molar-refractivity contribution < 1.29 is 4.79 Å². The van der Waals surface area contributed by atoms with Crippen LogP contribution in [0.2, 0.25) is 0 Å². The largest absolute Gasteiger partial charge is 0.351 e. The molecule has 0 bridgehead atoms. The van der Waals surface area contributed by atoms with Crippen molar-refractivity contribution in [2.75, 3.05) is 6.54 Å². The van der Waals surface area contributed by atoms with Gasteiger partial charge in [-0.2, -0.15) is 0 Å². The quantitative estimate of drug-likeness (QED) is 0.898. The molecule has 1 amide bonds. The van der Waals surface area contributed by atoms with Crippen molar-refractivity contribution in [3.8, 4) is 0 Å². The lowest BCUT2D eigenvalue weighted by atomic mass is 9.97. The van der Waals surface area contributed by atoms with E-state index < -0.39 is 0 Å². The van der Waals surface area contributed by atoms with Crippen LogP contribution in [0.5, 0.6) is 0 Å². The predicted molar refractivity (Wildman–Crippen MR) is 63.7 cm³/mol. The maximum Gasteiger partial charge on any atom is 0.252 e. The topological polar surface area (TPSA) is 42.0 Å². The summed E-state index contributed by atoms with van der Waals surface area (Å²) in [5.74, 6) is -0.0845. The zero-order chi connectivity index (χ0) is 11.5. The summed E-state index contributed by atoms with van der Waals surface area (Å²) in [4.78, 5) is 15.6. The molecule has 0 aliphatic carbocycles. The first-order valence-corrected chi connectivity index (χ1v) is 5.56. The van der Waals surface area contributed by atoms with Crippen LogP contribution in [0.1, 0.15) is 31.1 Å². The third-order valence-corrected chi connectivity index (χ3v) is 2.18. The van der Waals surface area contributed by atoms with E-state index in [1.54, 1.807) is 18.5 Å². The molecule has 0 aliphatic rings. The van der Waals surface area contributed by atoms with Gasteiger partial charge in [-0.3, -0.25) is 9.78 Å². The molecule has 0 unspecified atom stereocenters. The molecule has 1 aromatic heterocycles. The number of aromatic nitrogens is 1. The molecule has 0 atom stereocenters. The molecule has 0 saturated heterocycles. The van der Waals surface area contributed by atoms with Crippen molar-refractivity contribution in [3.05, 3.63) is 28.5 Å². The third-order valence-electron chi connectivity index (χ3n) is 1.75. The second-order valence-electron chi connectivity index (χ2n) is 4.64. The fourth-order valence-corrected chi connectivity index (χ4v) is 1.35. The van der Waals surface area contributed by atoms with E-state index in [0.717, 1.165) is 4.47 Å². The second-order valence-corrected chi connectivity index (χ2v) is 5.55. The summed E-state index contributed by atoms with van der Waals surface area (Å²) < 4.78 is 0.811. The molecule has 0 fully saturated rings. The van der Waals surface area contributed by atoms with Crippen molar-refractivity contribution in [2.45, 2.75) is 20.8 Å². The highest BCUT2D eigenvalue weighted by Crippen LogP contribution is 2.12. The number of halogens is 1. The number of hydrogen-bond donors (Lipinski definition) is 1. The van der Waals surface area contributed by atoms with Crippen molar-refractivity contribution in [1.29, 1.82) is 0 Å². The van der Waals surface area contributed by atoms with Gasteiger partial charge in [-0.1, -0.05) is 20.8 Å². The molecule has 0 radical (unpaired) electrons. The monoisotopic (exact) mass is 270 g/mol. The van der Waals surface area contributed by atoms with Gasteiger partial charge in [0.15, 0.2) is 0 Å². The fraction of sp³-hybridized carbons (Fsp3) is 0.455. The van der Waals surface area contributed by atoms with Gasteiger partial charge in [-0.05, 0) is 27.4 Å². The van der Waals surface area contributed by atoms with Crippen LogP contribution < -0.4 is 5.32 Å². The number of carbonyl (C=O) groups is 1. The molecule has 4 heteroatoms. The van der Waals surface area contributed by atoms with E-state index in [-0.39, 0.29) is 11.3 Å². The summed E-state index contributed by atoms with van der Waals surface area (Å²) in [6.07, 6.45) is 3.21. The Labute approximate surface area is 98.4 Å². The number of carbonyl (C=O) groups excluding carboxylic acids is 1. The first kappa shape index (κ1) is 12.2. The lowest BCUT2D eigenvalue weighted by Crippen LogP contribution is -2.32. The number of nitrogens with one attached hydrogen (secondary N) is 1. The van der Waals surface area contributed by atoms with Gasteiger partial charge in [0.25, 0.3) is 5.91 Å². The minimum Gasteiger partial charge on any atom is -0.351 e. The molecule has 3 nitrogen and oxygen atoms in total. The number of pyridine rings is 1. The normalized spacial score (nSPS) is 11.2. The Morgan fingerprint density at radius 2 is 2.13 bits per heavy atom. The van der Waals surface area contributed by atoms with Crippen LogP contribution in [-0.4, -0.2) is 17.4 Å². The average molecular weight is 271 g/mol. The van der Waals surface area contributed by atoms with E-state index in [2.05, 4.69) is 47.0 Å². The SMILES string of the molecule is CC(C)(C)CNC(=O)c1cncc(Br)c1. The van der Waals surface area contributed by atoms with Crippen LogP contribution in [0.4, 0.5) is 0 Å². The van der Waals surface area contributed by atoms with Crippen LogP contribution in [0.3, 0.4) is 0 Å². The number of nitrogens with zero attached hydrogens (tertiary/aromatic N) is 1. The van der Waals surface area contributed by atoms with Crippen LogP contribution in [0, 0.1) is 5.41 Å². The zero-order valence-electron chi connectivity index (χ0n) is 9.17. The minimum absolute atomic E-state index is 0.0845. The molecule has 0 aliphatic heterocycles. The lowest BCUT2D eigenvalue weighted by Gasteiger charge is -2.18. The Kier molecular flexibility index (Phi) is 3.85. The Balaban J connectivity index is 2.62. The third kappa shape index (κ3) is 4.42. The van der Waals surface area contributed by atoms with Gasteiger partial charge in [-0.15, -0.1) is 0 Å². The number of hydrogen-bond acceptors (Lipinski definition) is 2. The highest BCUT2D eigenvalue weighted by molar-refractivity contribution is 9.10. The van der Waals surface area contributed by atoms with Crippen molar-refractivity contribution >= 4 is 21.8 Å². The summed E-state index contributed by atoms with van der Waals surface area (Å²) in [6.45, 7) is 6.88. The van der Waals surface area contributed by atoms with E-state index in [4.69, 9.17) is 0 Å². The first-order chi connectivity index (χ1) is 6.88. The van der Waals surface area contributed by atoms with E-state index in [9.17, 15) is 4.79 Å². The summed E-state index contributed by atoms with van der Waals surface area (Å²) in [6, 6.07) is 1.75. The predicted octanol–water partition coefficient (Wildman–Crippen LogP) is 2.62. The van der Waals surface area contributed by atoms with Gasteiger partial charge in [-0.25, -0.2) is 0 Å². The maximum absolute atomic E-state index is 11.7. The Bertz CT molecular complexity index is 358. The van der Waals surface area contributed by atoms with E-state index in [1.165, 1.54) is 0 Å². The molecule has 1 rings (SSSR count). The van der Waals surface area contributed by atoms with Gasteiger partial charge in [0.2, 0.25) is 0 Å². The number of amides is 1. The molecule has 1 aromatic rings. The molecule has 1 N–H and O–H groups in total. The molecule has 0 spiro atoms. The van der Waals surface area contributed by atoms with Gasteiger partial charge >= 0.3 is 0 Å². The summed E-state index contributed by atoms with van der Waals surface area (Å²) >= 11 is 3.28. The smallest absolute Gasteiger partial charge is 0.252 e. The summed E-state index contributed by atoms with van der Waals surface area (Å²) in [5.41, 5.74) is 0.670. The molecule has 0 aromatic carbocycles. The maximum atomic E-state index is 11.7. The van der Waals surface area contributed by atoms with Crippen LogP contribution in [0.15, 0.2) is 22.9 Å². The lowest BCUT2D eigenvalue weighted by molar-refractivity contribution is 0.0939. The van der Waals surface area contributed by atoms with Crippen LogP contribution in [0.25, 0.3) is 0 Å². The zero-order valence-corrected chi connectivity index (χ0v) is 10.8. The molecule has 15 heavy (non-hydrogen) atoms. The highest BCUT2D eigenvalue weighted by atomic mass is 79.9. The van der Waals surface area contributed by atoms with Crippen LogP contribution in [-0.2, 0) is 0 Å². The van der Waals surface area contributed by atoms with E-state index in [1.807, 2.05) is 0 Å². The Morgan fingerprint density at radius 1 is 1.47 bits per heavy atom.